The molecule has 1 N–H and O–H groups in total. The maximum absolute atomic E-state index is 8.94. The molecule has 1 saturated heterocycles. The van der Waals surface area contributed by atoms with Crippen molar-refractivity contribution < 1.29 is 5.11 Å². The molecule has 0 unspecified atom stereocenters. The average Bonchev–Trinajstić information content (AvgIpc) is 2.36. The molecule has 15 heavy (non-hydrogen) atoms. The fourth-order valence-corrected chi connectivity index (χ4v) is 2.19. The minimum Gasteiger partial charge on any atom is -0.396 e. The van der Waals surface area contributed by atoms with E-state index in [9.17, 15) is 0 Å². The van der Waals surface area contributed by atoms with Gasteiger partial charge in [0.1, 0.15) is 0 Å². The van der Waals surface area contributed by atoms with Gasteiger partial charge in [0.25, 0.3) is 0 Å². The first-order chi connectivity index (χ1) is 7.11. The number of nitrogens with zero attached hydrogens (tertiary/aromatic N) is 3. The molecule has 0 saturated carbocycles. The first-order valence-electron chi connectivity index (χ1n) is 5.44. The Morgan fingerprint density at radius 2 is 2.07 bits per heavy atom. The zero-order chi connectivity index (χ0) is 11.0. The summed E-state index contributed by atoms with van der Waals surface area (Å²) in [5.74, 6) is 0.488. The molecule has 0 aromatic carbocycles. The highest BCUT2D eigenvalue weighted by Gasteiger charge is 2.27. The summed E-state index contributed by atoms with van der Waals surface area (Å²) in [6.07, 6.45) is 0. The van der Waals surface area contributed by atoms with Crippen LogP contribution in [0.5, 0.6) is 0 Å². The van der Waals surface area contributed by atoms with Gasteiger partial charge in [0.05, 0.1) is 5.69 Å². The van der Waals surface area contributed by atoms with E-state index in [2.05, 4.69) is 23.8 Å². The van der Waals surface area contributed by atoms with E-state index in [1.807, 2.05) is 11.7 Å². The minimum atomic E-state index is 0.321. The van der Waals surface area contributed by atoms with Crippen LogP contribution in [0.2, 0.25) is 0 Å². The van der Waals surface area contributed by atoms with Gasteiger partial charge in [-0.25, -0.2) is 0 Å². The van der Waals surface area contributed by atoms with Gasteiger partial charge in [-0.15, -0.1) is 0 Å². The van der Waals surface area contributed by atoms with E-state index in [1.165, 1.54) is 11.3 Å². The van der Waals surface area contributed by atoms with Gasteiger partial charge in [-0.2, -0.15) is 5.10 Å². The number of hydrogen-bond acceptors (Lipinski definition) is 3. The van der Waals surface area contributed by atoms with Crippen LogP contribution in [-0.4, -0.2) is 39.5 Å². The number of aliphatic hydroxyl groups is 1. The van der Waals surface area contributed by atoms with Crippen LogP contribution in [-0.2, 0) is 13.6 Å². The molecule has 0 amide bonds. The highest BCUT2D eigenvalue weighted by atomic mass is 16.3. The molecule has 1 aliphatic rings. The molecule has 0 spiro atoms. The molecule has 0 bridgehead atoms. The monoisotopic (exact) mass is 209 g/mol. The number of likely N-dealkylation sites (tertiary alicyclic amines) is 1. The second-order valence-corrected chi connectivity index (χ2v) is 4.52. The van der Waals surface area contributed by atoms with Crippen LogP contribution in [0.15, 0.2) is 0 Å². The van der Waals surface area contributed by atoms with Crippen molar-refractivity contribution in [1.29, 1.82) is 0 Å². The summed E-state index contributed by atoms with van der Waals surface area (Å²) in [5, 5.41) is 13.3. The summed E-state index contributed by atoms with van der Waals surface area (Å²) < 4.78 is 1.94. The van der Waals surface area contributed by atoms with Crippen LogP contribution >= 0.6 is 0 Å². The van der Waals surface area contributed by atoms with Gasteiger partial charge in [0.2, 0.25) is 0 Å². The second-order valence-electron chi connectivity index (χ2n) is 4.52. The van der Waals surface area contributed by atoms with E-state index < -0.39 is 0 Å². The Kier molecular flexibility index (Phi) is 2.80. The predicted molar refractivity (Wildman–Crippen MR) is 58.5 cm³/mol. The van der Waals surface area contributed by atoms with Crippen molar-refractivity contribution in [2.24, 2.45) is 13.0 Å². The molecule has 4 nitrogen and oxygen atoms in total. The van der Waals surface area contributed by atoms with Gasteiger partial charge in [0, 0.05) is 50.5 Å². The van der Waals surface area contributed by atoms with Crippen LogP contribution < -0.4 is 0 Å². The normalized spacial score (nSPS) is 18.1. The molecule has 2 heterocycles. The lowest BCUT2D eigenvalue weighted by atomic mass is 10.00. The van der Waals surface area contributed by atoms with E-state index in [0.29, 0.717) is 12.5 Å². The van der Waals surface area contributed by atoms with Crippen LogP contribution in [0.4, 0.5) is 0 Å². The fraction of sp³-hybridized carbons (Fsp3) is 0.727. The summed E-state index contributed by atoms with van der Waals surface area (Å²) in [4.78, 5) is 2.36. The summed E-state index contributed by atoms with van der Waals surface area (Å²) in [6.45, 7) is 7.50. The Hall–Kier alpha value is -0.870. The van der Waals surface area contributed by atoms with Crippen LogP contribution in [0.25, 0.3) is 0 Å². The van der Waals surface area contributed by atoms with Crippen molar-refractivity contribution in [2.75, 3.05) is 19.7 Å². The van der Waals surface area contributed by atoms with Crippen molar-refractivity contribution in [3.8, 4) is 0 Å². The first kappa shape index (κ1) is 10.6. The Balaban J connectivity index is 2.00. The first-order valence-corrected chi connectivity index (χ1v) is 5.44. The van der Waals surface area contributed by atoms with Crippen LogP contribution in [0.3, 0.4) is 0 Å². The zero-order valence-corrected chi connectivity index (χ0v) is 9.69. The van der Waals surface area contributed by atoms with Gasteiger partial charge in [-0.3, -0.25) is 9.58 Å². The van der Waals surface area contributed by atoms with Crippen LogP contribution in [0, 0.1) is 19.8 Å². The molecular formula is C11H19N3O. The second kappa shape index (κ2) is 3.94. The number of rotatable bonds is 3. The Morgan fingerprint density at radius 1 is 1.40 bits per heavy atom. The number of aromatic nitrogens is 2. The molecule has 4 heteroatoms. The lowest BCUT2D eigenvalue weighted by molar-refractivity contribution is 0.0476. The third kappa shape index (κ3) is 1.92. The molecule has 1 aliphatic heterocycles. The zero-order valence-electron chi connectivity index (χ0n) is 9.69. The Morgan fingerprint density at radius 3 is 2.53 bits per heavy atom. The molecule has 2 rings (SSSR count). The Labute approximate surface area is 90.5 Å². The van der Waals surface area contributed by atoms with Gasteiger partial charge < -0.3 is 5.11 Å². The maximum atomic E-state index is 8.94. The number of aryl methyl sites for hydroxylation is 2. The number of aliphatic hydroxyl groups excluding tert-OH is 1. The van der Waals surface area contributed by atoms with Gasteiger partial charge in [0.15, 0.2) is 0 Å². The highest BCUT2D eigenvalue weighted by molar-refractivity contribution is 5.24. The van der Waals surface area contributed by atoms with Crippen molar-refractivity contribution in [3.05, 3.63) is 17.0 Å². The van der Waals surface area contributed by atoms with E-state index in [-0.39, 0.29) is 0 Å². The molecule has 0 aliphatic carbocycles. The van der Waals surface area contributed by atoms with Gasteiger partial charge in [-0.1, -0.05) is 0 Å². The van der Waals surface area contributed by atoms with E-state index >= 15 is 0 Å². The predicted octanol–water partition coefficient (Wildman–Crippen LogP) is 0.461. The van der Waals surface area contributed by atoms with Crippen molar-refractivity contribution in [1.82, 2.24) is 14.7 Å². The molecule has 1 fully saturated rings. The third-order valence-electron chi connectivity index (χ3n) is 3.33. The molecule has 84 valence electrons. The topological polar surface area (TPSA) is 41.3 Å². The molecule has 1 aromatic rings. The van der Waals surface area contributed by atoms with Crippen molar-refractivity contribution in [3.63, 3.8) is 0 Å². The largest absolute Gasteiger partial charge is 0.396 e. The lowest BCUT2D eigenvalue weighted by Gasteiger charge is -2.38. The standard InChI is InChI=1S/C11H19N3O/c1-8-11(9(2)13(3)12-8)6-14-4-10(5-14)7-15/h10,15H,4-7H2,1-3H3. The van der Waals surface area contributed by atoms with E-state index in [0.717, 1.165) is 25.3 Å². The quantitative estimate of drug-likeness (QED) is 0.786. The van der Waals surface area contributed by atoms with Crippen molar-refractivity contribution in [2.45, 2.75) is 20.4 Å². The lowest BCUT2D eigenvalue weighted by Crippen LogP contribution is -2.47. The molecule has 0 radical (unpaired) electrons. The molecule has 0 atom stereocenters. The van der Waals surface area contributed by atoms with Gasteiger partial charge in [-0.05, 0) is 13.8 Å². The van der Waals surface area contributed by atoms with Gasteiger partial charge >= 0.3 is 0 Å². The number of hydrogen-bond donors (Lipinski definition) is 1. The fourth-order valence-electron chi connectivity index (χ4n) is 2.19. The summed E-state index contributed by atoms with van der Waals surface area (Å²) >= 11 is 0. The summed E-state index contributed by atoms with van der Waals surface area (Å²) in [7, 11) is 1.98. The maximum Gasteiger partial charge on any atom is 0.0641 e. The van der Waals surface area contributed by atoms with Crippen molar-refractivity contribution >= 4 is 0 Å². The Bertz CT molecular complexity index is 353. The average molecular weight is 209 g/mol. The van der Waals surface area contributed by atoms with E-state index in [4.69, 9.17) is 5.11 Å². The third-order valence-corrected chi connectivity index (χ3v) is 3.33. The minimum absolute atomic E-state index is 0.321. The SMILES string of the molecule is Cc1nn(C)c(C)c1CN1CC(CO)C1. The van der Waals surface area contributed by atoms with Crippen LogP contribution in [0.1, 0.15) is 17.0 Å². The smallest absolute Gasteiger partial charge is 0.0641 e. The molecule has 1 aromatic heterocycles. The summed E-state index contributed by atoms with van der Waals surface area (Å²) in [5.41, 5.74) is 3.72. The van der Waals surface area contributed by atoms with E-state index in [1.54, 1.807) is 0 Å². The molecular weight excluding hydrogens is 190 g/mol. The summed E-state index contributed by atoms with van der Waals surface area (Å²) in [6, 6.07) is 0. The highest BCUT2D eigenvalue weighted by Crippen LogP contribution is 2.21.